The lowest BCUT2D eigenvalue weighted by atomic mass is 10.1. The molecule has 0 aliphatic carbocycles. The van der Waals surface area contributed by atoms with E-state index in [4.69, 9.17) is 5.73 Å². The predicted octanol–water partition coefficient (Wildman–Crippen LogP) is 3.36. The molecule has 9 nitrogen and oxygen atoms in total. The molecular weight excluding hydrogens is 418 g/mol. The second-order valence-corrected chi connectivity index (χ2v) is 7.82. The summed E-state index contributed by atoms with van der Waals surface area (Å²) in [4.78, 5) is 24.0. The summed E-state index contributed by atoms with van der Waals surface area (Å²) < 4.78 is 1.56. The highest BCUT2D eigenvalue weighted by molar-refractivity contribution is 5.94. The molecule has 1 aliphatic rings. The monoisotopic (exact) mass is 443 g/mol. The Bertz CT molecular complexity index is 1210. The maximum atomic E-state index is 12.3. The number of nitrogens with zero attached hydrogens (tertiary/aromatic N) is 3. The van der Waals surface area contributed by atoms with Crippen molar-refractivity contribution in [1.29, 1.82) is 5.26 Å². The number of urea groups is 1. The number of nitrogens with one attached hydrogen (secondary N) is 3. The number of para-hydroxylation sites is 1. The number of hydrogen-bond acceptors (Lipinski definition) is 5. The fourth-order valence-corrected chi connectivity index (χ4v) is 3.83. The molecular formula is C24H25N7O2. The Morgan fingerprint density at radius 2 is 2.03 bits per heavy atom. The standard InChI is InChI=1S/C24H25N7O2/c25-15-19-21(30-31(23(19)26)18-7-2-1-3-8-18)9-5-13-27-24(33)28-17-11-12-20-16(14-17)6-4-10-22(32)29-20/h1-3,7-8,11-12,14H,4-6,9-10,13,26H2,(H,29,32)(H2,27,28,33). The van der Waals surface area contributed by atoms with Gasteiger partial charge in [-0.05, 0) is 61.6 Å². The van der Waals surface area contributed by atoms with Crippen LogP contribution in [0.5, 0.6) is 0 Å². The number of rotatable bonds is 6. The zero-order chi connectivity index (χ0) is 23.2. The van der Waals surface area contributed by atoms with Crippen molar-refractivity contribution in [2.75, 3.05) is 22.9 Å². The van der Waals surface area contributed by atoms with E-state index in [1.54, 1.807) is 10.7 Å². The molecule has 0 spiro atoms. The molecule has 5 N–H and O–H groups in total. The molecule has 2 aromatic carbocycles. The zero-order valence-corrected chi connectivity index (χ0v) is 18.1. The second-order valence-electron chi connectivity index (χ2n) is 7.82. The van der Waals surface area contributed by atoms with Crippen LogP contribution in [-0.2, 0) is 17.6 Å². The van der Waals surface area contributed by atoms with Crippen LogP contribution in [0.3, 0.4) is 0 Å². The van der Waals surface area contributed by atoms with Crippen LogP contribution in [0.25, 0.3) is 5.69 Å². The Morgan fingerprint density at radius 3 is 2.82 bits per heavy atom. The quantitative estimate of drug-likeness (QED) is 0.433. The summed E-state index contributed by atoms with van der Waals surface area (Å²) in [6.07, 6.45) is 3.17. The molecule has 2 heterocycles. The van der Waals surface area contributed by atoms with Crippen LogP contribution in [0.2, 0.25) is 0 Å². The van der Waals surface area contributed by atoms with Gasteiger partial charge in [0.15, 0.2) is 0 Å². The average molecular weight is 444 g/mol. The predicted molar refractivity (Wildman–Crippen MR) is 126 cm³/mol. The minimum Gasteiger partial charge on any atom is -0.382 e. The van der Waals surface area contributed by atoms with Crippen LogP contribution in [0.1, 0.15) is 36.1 Å². The van der Waals surface area contributed by atoms with Gasteiger partial charge < -0.3 is 21.7 Å². The van der Waals surface area contributed by atoms with E-state index < -0.39 is 0 Å². The van der Waals surface area contributed by atoms with E-state index in [0.717, 1.165) is 29.8 Å². The molecule has 4 rings (SSSR count). The summed E-state index contributed by atoms with van der Waals surface area (Å²) in [5.74, 6) is 0.325. The fraction of sp³-hybridized carbons (Fsp3) is 0.250. The van der Waals surface area contributed by atoms with Crippen LogP contribution < -0.4 is 21.7 Å². The highest BCUT2D eigenvalue weighted by atomic mass is 16.2. The molecule has 33 heavy (non-hydrogen) atoms. The average Bonchev–Trinajstić information content (AvgIpc) is 3.01. The van der Waals surface area contributed by atoms with Crippen molar-refractivity contribution in [2.45, 2.75) is 32.1 Å². The van der Waals surface area contributed by atoms with E-state index in [-0.39, 0.29) is 11.9 Å². The Balaban J connectivity index is 1.31. The fourth-order valence-electron chi connectivity index (χ4n) is 3.83. The number of nitrogens with two attached hydrogens (primary N) is 1. The summed E-state index contributed by atoms with van der Waals surface area (Å²) in [5, 5.41) is 22.5. The van der Waals surface area contributed by atoms with Gasteiger partial charge in [0.2, 0.25) is 5.91 Å². The van der Waals surface area contributed by atoms with Crippen LogP contribution in [0, 0.1) is 11.3 Å². The van der Waals surface area contributed by atoms with Gasteiger partial charge in [0.25, 0.3) is 0 Å². The number of nitrogen functional groups attached to an aromatic ring is 1. The van der Waals surface area contributed by atoms with Gasteiger partial charge in [0.05, 0.1) is 11.4 Å². The van der Waals surface area contributed by atoms with Crippen molar-refractivity contribution in [3.8, 4) is 11.8 Å². The largest absolute Gasteiger partial charge is 0.382 e. The smallest absolute Gasteiger partial charge is 0.319 e. The van der Waals surface area contributed by atoms with Crippen molar-refractivity contribution in [3.63, 3.8) is 0 Å². The van der Waals surface area contributed by atoms with Crippen LogP contribution in [0.15, 0.2) is 48.5 Å². The van der Waals surface area contributed by atoms with E-state index in [9.17, 15) is 14.9 Å². The van der Waals surface area contributed by atoms with Crippen molar-refractivity contribution in [1.82, 2.24) is 15.1 Å². The normalized spacial score (nSPS) is 12.8. The molecule has 0 saturated carbocycles. The summed E-state index contributed by atoms with van der Waals surface area (Å²) in [6.45, 7) is 0.413. The molecule has 3 aromatic rings. The van der Waals surface area contributed by atoms with Crippen molar-refractivity contribution < 1.29 is 9.59 Å². The van der Waals surface area contributed by atoms with E-state index >= 15 is 0 Å². The van der Waals surface area contributed by atoms with E-state index in [1.165, 1.54) is 0 Å². The maximum absolute atomic E-state index is 12.3. The lowest BCUT2D eigenvalue weighted by Crippen LogP contribution is -2.29. The van der Waals surface area contributed by atoms with Gasteiger partial charge in [-0.15, -0.1) is 0 Å². The highest BCUT2D eigenvalue weighted by Gasteiger charge is 2.17. The topological polar surface area (TPSA) is 138 Å². The Labute approximate surface area is 191 Å². The minimum atomic E-state index is -0.317. The highest BCUT2D eigenvalue weighted by Crippen LogP contribution is 2.25. The molecule has 3 amide bonds. The third kappa shape index (κ3) is 5.13. The molecule has 0 atom stereocenters. The third-order valence-corrected chi connectivity index (χ3v) is 5.47. The number of anilines is 3. The first-order chi connectivity index (χ1) is 16.0. The van der Waals surface area contributed by atoms with Gasteiger partial charge in [-0.2, -0.15) is 10.4 Å². The Kier molecular flexibility index (Phi) is 6.55. The summed E-state index contributed by atoms with van der Waals surface area (Å²) in [7, 11) is 0. The number of aromatic nitrogens is 2. The number of carbonyl (C=O) groups is 2. The number of amides is 3. The molecule has 9 heteroatoms. The lowest BCUT2D eigenvalue weighted by molar-refractivity contribution is -0.116. The number of nitriles is 1. The number of aryl methyl sites for hydroxylation is 2. The van der Waals surface area contributed by atoms with E-state index in [1.807, 2.05) is 42.5 Å². The van der Waals surface area contributed by atoms with Crippen molar-refractivity contribution >= 4 is 29.1 Å². The van der Waals surface area contributed by atoms with Gasteiger partial charge in [-0.1, -0.05) is 18.2 Å². The molecule has 0 bridgehead atoms. The first kappa shape index (κ1) is 21.9. The lowest BCUT2D eigenvalue weighted by Gasteiger charge is -2.11. The van der Waals surface area contributed by atoms with Gasteiger partial charge in [-0.25, -0.2) is 9.48 Å². The van der Waals surface area contributed by atoms with Gasteiger partial charge >= 0.3 is 6.03 Å². The third-order valence-electron chi connectivity index (χ3n) is 5.47. The summed E-state index contributed by atoms with van der Waals surface area (Å²) >= 11 is 0. The number of hydrogen-bond donors (Lipinski definition) is 4. The molecule has 168 valence electrons. The number of fused-ring (bicyclic) bond motifs is 1. The van der Waals surface area contributed by atoms with Crippen molar-refractivity contribution in [3.05, 3.63) is 65.4 Å². The SMILES string of the molecule is N#Cc1c(CCCNC(=O)Nc2ccc3c(c2)CCCC(=O)N3)nn(-c2ccccc2)c1N. The number of benzene rings is 2. The van der Waals surface area contributed by atoms with Crippen molar-refractivity contribution in [2.24, 2.45) is 0 Å². The van der Waals surface area contributed by atoms with E-state index in [2.05, 4.69) is 27.1 Å². The Morgan fingerprint density at radius 1 is 1.21 bits per heavy atom. The van der Waals surface area contributed by atoms with Gasteiger partial charge in [-0.3, -0.25) is 4.79 Å². The minimum absolute atomic E-state index is 0.0158. The van der Waals surface area contributed by atoms with Gasteiger partial charge in [0, 0.05) is 24.3 Å². The molecule has 1 aromatic heterocycles. The molecule has 0 radical (unpaired) electrons. The Hall–Kier alpha value is -4.32. The second kappa shape index (κ2) is 9.87. The van der Waals surface area contributed by atoms with Crippen LogP contribution >= 0.6 is 0 Å². The molecule has 1 aliphatic heterocycles. The maximum Gasteiger partial charge on any atom is 0.319 e. The first-order valence-electron chi connectivity index (χ1n) is 10.9. The zero-order valence-electron chi connectivity index (χ0n) is 18.1. The number of carbonyl (C=O) groups excluding carboxylic acids is 2. The van der Waals surface area contributed by atoms with E-state index in [0.29, 0.717) is 48.6 Å². The molecule has 0 unspecified atom stereocenters. The summed E-state index contributed by atoms with van der Waals surface area (Å²) in [6, 6.07) is 16.7. The van der Waals surface area contributed by atoms with Gasteiger partial charge in [0.1, 0.15) is 17.5 Å². The van der Waals surface area contributed by atoms with Crippen LogP contribution in [-0.4, -0.2) is 28.3 Å². The van der Waals surface area contributed by atoms with Crippen LogP contribution in [0.4, 0.5) is 22.0 Å². The first-order valence-corrected chi connectivity index (χ1v) is 10.9. The molecule has 0 fully saturated rings. The summed E-state index contributed by atoms with van der Waals surface area (Å²) in [5.41, 5.74) is 10.4. The molecule has 0 saturated heterocycles.